The van der Waals surface area contributed by atoms with E-state index in [1.165, 1.54) is 17.7 Å². The van der Waals surface area contributed by atoms with Gasteiger partial charge in [-0.1, -0.05) is 6.08 Å². The summed E-state index contributed by atoms with van der Waals surface area (Å²) < 4.78 is 19.4. The molecule has 2 aliphatic rings. The molecule has 154 valence electrons. The number of aromatic nitrogens is 2. The summed E-state index contributed by atoms with van der Waals surface area (Å²) in [5.41, 5.74) is 4.55. The zero-order chi connectivity index (χ0) is 20.8. The largest absolute Gasteiger partial charge is 0.496 e. The normalized spacial score (nSPS) is 21.1. The second-order valence-corrected chi connectivity index (χ2v) is 8.06. The standard InChI is InChI=1S/C23H22FN3O3/c1-30-21-3-2-16(24)8-18(21)17-4-5-25-23-19(17)9-20(26-23)13-6-14-10-27(12-22(28)29)11-15(14)7-13/h2-6,8-9,14-15H,7,10-12H2,1H3,(H,25,26)(H,28,29). The van der Waals surface area contributed by atoms with Gasteiger partial charge in [0.2, 0.25) is 0 Å². The van der Waals surface area contributed by atoms with Gasteiger partial charge in [-0.15, -0.1) is 0 Å². The first-order valence-corrected chi connectivity index (χ1v) is 9.98. The maximum atomic E-state index is 13.9. The molecule has 2 aromatic heterocycles. The van der Waals surface area contributed by atoms with Crippen molar-refractivity contribution in [1.29, 1.82) is 0 Å². The molecule has 7 heteroatoms. The predicted octanol–water partition coefficient (Wildman–Crippen LogP) is 3.80. The fraction of sp³-hybridized carbons (Fsp3) is 0.304. The molecule has 1 aliphatic heterocycles. The molecule has 30 heavy (non-hydrogen) atoms. The average molecular weight is 407 g/mol. The first kappa shape index (κ1) is 18.8. The molecule has 0 radical (unpaired) electrons. The lowest BCUT2D eigenvalue weighted by Gasteiger charge is -2.13. The van der Waals surface area contributed by atoms with Gasteiger partial charge in [0.25, 0.3) is 0 Å². The minimum absolute atomic E-state index is 0.102. The fourth-order valence-corrected chi connectivity index (χ4v) is 4.85. The lowest BCUT2D eigenvalue weighted by molar-refractivity contribution is -0.138. The molecule has 2 unspecified atom stereocenters. The van der Waals surface area contributed by atoms with Crippen LogP contribution in [0.15, 0.2) is 42.6 Å². The maximum absolute atomic E-state index is 13.9. The molecular formula is C23H22FN3O3. The number of hydrogen-bond donors (Lipinski definition) is 2. The number of fused-ring (bicyclic) bond motifs is 2. The molecule has 1 saturated heterocycles. The van der Waals surface area contributed by atoms with E-state index in [9.17, 15) is 9.18 Å². The van der Waals surface area contributed by atoms with Crippen LogP contribution in [0.2, 0.25) is 0 Å². The lowest BCUT2D eigenvalue weighted by Crippen LogP contribution is -2.28. The second-order valence-electron chi connectivity index (χ2n) is 8.06. The molecule has 0 saturated carbocycles. The van der Waals surface area contributed by atoms with Gasteiger partial charge in [0.05, 0.1) is 13.7 Å². The first-order valence-electron chi connectivity index (χ1n) is 9.98. The number of pyridine rings is 1. The van der Waals surface area contributed by atoms with E-state index in [0.29, 0.717) is 23.1 Å². The highest BCUT2D eigenvalue weighted by Crippen LogP contribution is 2.42. The van der Waals surface area contributed by atoms with Gasteiger partial charge in [0.1, 0.15) is 17.2 Å². The van der Waals surface area contributed by atoms with E-state index in [1.807, 2.05) is 11.0 Å². The Morgan fingerprint density at radius 1 is 1.30 bits per heavy atom. The van der Waals surface area contributed by atoms with Gasteiger partial charge in [-0.25, -0.2) is 9.37 Å². The van der Waals surface area contributed by atoms with Crippen molar-refractivity contribution in [2.75, 3.05) is 26.7 Å². The van der Waals surface area contributed by atoms with E-state index in [4.69, 9.17) is 9.84 Å². The van der Waals surface area contributed by atoms with Crippen LogP contribution < -0.4 is 4.74 Å². The number of H-pyrrole nitrogens is 1. The number of halogens is 1. The van der Waals surface area contributed by atoms with Crippen molar-refractivity contribution in [2.45, 2.75) is 6.42 Å². The number of rotatable bonds is 5. The number of ether oxygens (including phenoxy) is 1. The van der Waals surface area contributed by atoms with Crippen LogP contribution in [0.1, 0.15) is 12.1 Å². The molecule has 2 N–H and O–H groups in total. The lowest BCUT2D eigenvalue weighted by atomic mass is 9.99. The summed E-state index contributed by atoms with van der Waals surface area (Å²) in [6.45, 7) is 1.69. The number of carbonyl (C=O) groups is 1. The Morgan fingerprint density at radius 3 is 2.93 bits per heavy atom. The number of benzene rings is 1. The molecule has 0 bridgehead atoms. The van der Waals surface area contributed by atoms with Crippen LogP contribution in [0, 0.1) is 17.7 Å². The minimum Gasteiger partial charge on any atom is -0.496 e. The molecule has 1 fully saturated rings. The minimum atomic E-state index is -0.777. The van der Waals surface area contributed by atoms with Gasteiger partial charge in [-0.2, -0.15) is 0 Å². The van der Waals surface area contributed by atoms with Crippen molar-refractivity contribution in [1.82, 2.24) is 14.9 Å². The number of allylic oxidation sites excluding steroid dienone is 1. The van der Waals surface area contributed by atoms with E-state index in [-0.39, 0.29) is 12.4 Å². The number of methoxy groups -OCH3 is 1. The molecule has 1 aliphatic carbocycles. The van der Waals surface area contributed by atoms with Crippen LogP contribution in [-0.2, 0) is 4.79 Å². The Balaban J connectivity index is 1.49. The molecule has 6 nitrogen and oxygen atoms in total. The molecule has 5 rings (SSSR count). The third-order valence-electron chi connectivity index (χ3n) is 6.15. The summed E-state index contributed by atoms with van der Waals surface area (Å²) in [6, 6.07) is 8.45. The predicted molar refractivity (Wildman–Crippen MR) is 112 cm³/mol. The maximum Gasteiger partial charge on any atom is 0.317 e. The Kier molecular flexibility index (Phi) is 4.55. The number of nitrogens with one attached hydrogen (secondary N) is 1. The monoisotopic (exact) mass is 407 g/mol. The third-order valence-corrected chi connectivity index (χ3v) is 6.15. The van der Waals surface area contributed by atoms with E-state index in [0.717, 1.165) is 41.8 Å². The van der Waals surface area contributed by atoms with Crippen LogP contribution >= 0.6 is 0 Å². The number of aliphatic carboxylic acids is 1. The quantitative estimate of drug-likeness (QED) is 0.673. The zero-order valence-electron chi connectivity index (χ0n) is 16.6. The van der Waals surface area contributed by atoms with E-state index < -0.39 is 5.97 Å². The van der Waals surface area contributed by atoms with Crippen LogP contribution in [0.3, 0.4) is 0 Å². The highest BCUT2D eigenvalue weighted by atomic mass is 19.1. The number of nitrogens with zero attached hydrogens (tertiary/aromatic N) is 2. The van der Waals surface area contributed by atoms with Crippen LogP contribution in [-0.4, -0.2) is 52.7 Å². The van der Waals surface area contributed by atoms with Crippen molar-refractivity contribution in [3.63, 3.8) is 0 Å². The van der Waals surface area contributed by atoms with Crippen LogP contribution in [0.4, 0.5) is 4.39 Å². The summed E-state index contributed by atoms with van der Waals surface area (Å²) in [6.07, 6.45) is 4.88. The zero-order valence-corrected chi connectivity index (χ0v) is 16.6. The molecule has 0 amide bonds. The van der Waals surface area contributed by atoms with Gasteiger partial charge in [0, 0.05) is 35.9 Å². The topological polar surface area (TPSA) is 78.5 Å². The van der Waals surface area contributed by atoms with Crippen LogP contribution in [0.25, 0.3) is 27.7 Å². The Bertz CT molecular complexity index is 1170. The number of aromatic amines is 1. The summed E-state index contributed by atoms with van der Waals surface area (Å²) in [5.74, 6) is 0.340. The Hall–Kier alpha value is -3.19. The summed E-state index contributed by atoms with van der Waals surface area (Å²) >= 11 is 0. The summed E-state index contributed by atoms with van der Waals surface area (Å²) in [7, 11) is 1.58. The molecule has 3 heterocycles. The highest BCUT2D eigenvalue weighted by molar-refractivity contribution is 5.96. The van der Waals surface area contributed by atoms with E-state index >= 15 is 0 Å². The summed E-state index contributed by atoms with van der Waals surface area (Å²) in [4.78, 5) is 20.9. The van der Waals surface area contributed by atoms with Gasteiger partial charge < -0.3 is 14.8 Å². The summed E-state index contributed by atoms with van der Waals surface area (Å²) in [5, 5.41) is 9.94. The average Bonchev–Trinajstić information content (AvgIpc) is 3.39. The molecule has 2 atom stereocenters. The van der Waals surface area contributed by atoms with Crippen molar-refractivity contribution < 1.29 is 19.0 Å². The molecule has 3 aromatic rings. The SMILES string of the molecule is COc1ccc(F)cc1-c1ccnc2[nH]c(C3=CC4CN(CC(=O)O)CC4C3)cc12. The van der Waals surface area contributed by atoms with E-state index in [1.54, 1.807) is 19.4 Å². The van der Waals surface area contributed by atoms with Gasteiger partial charge >= 0.3 is 5.97 Å². The van der Waals surface area contributed by atoms with Gasteiger partial charge in [-0.05, 0) is 59.7 Å². The van der Waals surface area contributed by atoms with Crippen LogP contribution in [0.5, 0.6) is 5.75 Å². The third kappa shape index (κ3) is 3.25. The number of likely N-dealkylation sites (tertiary alicyclic amines) is 1. The molecule has 1 aromatic carbocycles. The highest BCUT2D eigenvalue weighted by Gasteiger charge is 2.37. The number of carboxylic acids is 1. The van der Waals surface area contributed by atoms with Crippen molar-refractivity contribution >= 4 is 22.6 Å². The van der Waals surface area contributed by atoms with Crippen molar-refractivity contribution in [2.24, 2.45) is 11.8 Å². The van der Waals surface area contributed by atoms with Gasteiger partial charge in [-0.3, -0.25) is 9.69 Å². The molecular weight excluding hydrogens is 385 g/mol. The van der Waals surface area contributed by atoms with Gasteiger partial charge in [0.15, 0.2) is 0 Å². The van der Waals surface area contributed by atoms with E-state index in [2.05, 4.69) is 22.1 Å². The Labute approximate surface area is 173 Å². The second kappa shape index (κ2) is 7.25. The number of hydrogen-bond acceptors (Lipinski definition) is 4. The smallest absolute Gasteiger partial charge is 0.317 e. The number of carboxylic acid groups (broad SMARTS) is 1. The van der Waals surface area contributed by atoms with Crippen molar-refractivity contribution in [3.05, 3.63) is 54.1 Å². The first-order chi connectivity index (χ1) is 14.5. The fourth-order valence-electron chi connectivity index (χ4n) is 4.85. The molecule has 0 spiro atoms. The Morgan fingerprint density at radius 2 is 2.17 bits per heavy atom. The van der Waals surface area contributed by atoms with Crippen molar-refractivity contribution in [3.8, 4) is 16.9 Å².